The third kappa shape index (κ3) is 2.36. The molecule has 102 valence electrons. The third-order valence-electron chi connectivity index (χ3n) is 2.57. The SMILES string of the molecule is C[C@H](Nc1nc2sccn2c1[N+](=O)[O-])C(=O)N(C)C. The van der Waals surface area contributed by atoms with E-state index in [1.165, 1.54) is 20.6 Å². The lowest BCUT2D eigenvalue weighted by Gasteiger charge is -2.17. The molecule has 1 amide bonds. The molecule has 2 heterocycles. The molecule has 1 N–H and O–H groups in total. The molecule has 0 saturated carbocycles. The Morgan fingerprint density at radius 1 is 1.63 bits per heavy atom. The van der Waals surface area contributed by atoms with Crippen molar-refractivity contribution in [2.45, 2.75) is 13.0 Å². The summed E-state index contributed by atoms with van der Waals surface area (Å²) in [5.41, 5.74) is 0. The van der Waals surface area contributed by atoms with Gasteiger partial charge in [-0.1, -0.05) is 11.3 Å². The first-order chi connectivity index (χ1) is 8.91. The summed E-state index contributed by atoms with van der Waals surface area (Å²) in [4.78, 5) is 28.4. The molecule has 8 nitrogen and oxygen atoms in total. The molecule has 1 atom stereocenters. The number of amides is 1. The molecule has 19 heavy (non-hydrogen) atoms. The highest BCUT2D eigenvalue weighted by Crippen LogP contribution is 2.28. The van der Waals surface area contributed by atoms with Gasteiger partial charge in [-0.05, 0) is 11.8 Å². The molecule has 0 aliphatic heterocycles. The van der Waals surface area contributed by atoms with Crippen molar-refractivity contribution in [2.75, 3.05) is 19.4 Å². The molecule has 0 radical (unpaired) electrons. The number of imidazole rings is 1. The average Bonchev–Trinajstić information content (AvgIpc) is 2.86. The number of carbonyl (C=O) groups is 1. The Hall–Kier alpha value is -2.16. The zero-order valence-electron chi connectivity index (χ0n) is 10.7. The smallest absolute Gasteiger partial charge is 0.358 e. The van der Waals surface area contributed by atoms with Gasteiger partial charge >= 0.3 is 5.82 Å². The summed E-state index contributed by atoms with van der Waals surface area (Å²) in [5.74, 6) is -0.222. The number of rotatable bonds is 4. The highest BCUT2D eigenvalue weighted by atomic mass is 32.1. The second-order valence-electron chi connectivity index (χ2n) is 4.20. The lowest BCUT2D eigenvalue weighted by atomic mass is 10.3. The number of nitro groups is 1. The third-order valence-corrected chi connectivity index (χ3v) is 3.33. The fourth-order valence-corrected chi connectivity index (χ4v) is 2.41. The normalized spacial score (nSPS) is 12.4. The Bertz CT molecular complexity index is 632. The maximum Gasteiger partial charge on any atom is 0.372 e. The van der Waals surface area contributed by atoms with Gasteiger partial charge in [0.1, 0.15) is 12.2 Å². The molecule has 0 saturated heterocycles. The van der Waals surface area contributed by atoms with Gasteiger partial charge in [0.2, 0.25) is 11.7 Å². The van der Waals surface area contributed by atoms with Gasteiger partial charge in [0.05, 0.1) is 0 Å². The Balaban J connectivity index is 2.35. The zero-order chi connectivity index (χ0) is 14.2. The van der Waals surface area contributed by atoms with E-state index in [1.54, 1.807) is 32.6 Å². The number of fused-ring (bicyclic) bond motifs is 1. The summed E-state index contributed by atoms with van der Waals surface area (Å²) in [7, 11) is 3.25. The fraction of sp³-hybridized carbons (Fsp3) is 0.400. The van der Waals surface area contributed by atoms with E-state index in [9.17, 15) is 14.9 Å². The van der Waals surface area contributed by atoms with E-state index in [0.29, 0.717) is 4.96 Å². The van der Waals surface area contributed by atoms with Crippen LogP contribution in [0.25, 0.3) is 4.96 Å². The van der Waals surface area contributed by atoms with Gasteiger partial charge in [-0.2, -0.15) is 9.38 Å². The molecule has 2 aromatic rings. The summed E-state index contributed by atoms with van der Waals surface area (Å²) >= 11 is 1.29. The van der Waals surface area contributed by atoms with Gasteiger partial charge in [-0.25, -0.2) is 0 Å². The molecule has 0 aromatic carbocycles. The van der Waals surface area contributed by atoms with E-state index < -0.39 is 11.0 Å². The van der Waals surface area contributed by atoms with E-state index in [-0.39, 0.29) is 17.5 Å². The number of likely N-dealkylation sites (N-methyl/N-ethyl adjacent to an activating group) is 1. The zero-order valence-corrected chi connectivity index (χ0v) is 11.5. The maximum atomic E-state index is 11.7. The van der Waals surface area contributed by atoms with Crippen LogP contribution in [0.2, 0.25) is 0 Å². The molecule has 0 fully saturated rings. The van der Waals surface area contributed by atoms with Crippen molar-refractivity contribution in [3.63, 3.8) is 0 Å². The largest absolute Gasteiger partial charge is 0.372 e. The molecular weight excluding hydrogens is 270 g/mol. The maximum absolute atomic E-state index is 11.7. The fourth-order valence-electron chi connectivity index (χ4n) is 1.70. The Morgan fingerprint density at radius 2 is 2.32 bits per heavy atom. The molecule has 0 aliphatic carbocycles. The van der Waals surface area contributed by atoms with Gasteiger partial charge in [0.15, 0.2) is 0 Å². The van der Waals surface area contributed by atoms with Crippen molar-refractivity contribution in [1.29, 1.82) is 0 Å². The topological polar surface area (TPSA) is 92.8 Å². The summed E-state index contributed by atoms with van der Waals surface area (Å²) in [6.07, 6.45) is 1.58. The number of hydrogen-bond donors (Lipinski definition) is 1. The van der Waals surface area contributed by atoms with Crippen LogP contribution in [0.4, 0.5) is 11.6 Å². The van der Waals surface area contributed by atoms with Crippen molar-refractivity contribution in [3.8, 4) is 0 Å². The predicted molar refractivity (Wildman–Crippen MR) is 71.5 cm³/mol. The monoisotopic (exact) mass is 283 g/mol. The molecule has 0 bridgehead atoms. The summed E-state index contributed by atoms with van der Waals surface area (Å²) in [6, 6.07) is -0.585. The molecule has 9 heteroatoms. The van der Waals surface area contributed by atoms with Crippen LogP contribution in [-0.2, 0) is 4.79 Å². The molecule has 0 unspecified atom stereocenters. The number of carbonyl (C=O) groups excluding carboxylic acids is 1. The van der Waals surface area contributed by atoms with Gasteiger partial charge in [-0.15, -0.1) is 0 Å². The molecule has 0 aliphatic rings. The molecule has 2 aromatic heterocycles. The van der Waals surface area contributed by atoms with E-state index in [4.69, 9.17) is 0 Å². The minimum atomic E-state index is -0.585. The average molecular weight is 283 g/mol. The standard InChI is InChI=1S/C10H13N5O3S/c1-6(9(16)13(2)3)11-7-8(15(17)18)14-4-5-19-10(14)12-7/h4-6,11H,1-3H3/t6-/m0/s1. The Kier molecular flexibility index (Phi) is 3.38. The van der Waals surface area contributed by atoms with E-state index in [1.807, 2.05) is 0 Å². The second kappa shape index (κ2) is 4.84. The van der Waals surface area contributed by atoms with Crippen LogP contribution in [0.5, 0.6) is 0 Å². The van der Waals surface area contributed by atoms with Gasteiger partial charge in [-0.3, -0.25) is 4.79 Å². The molecule has 0 spiro atoms. The van der Waals surface area contributed by atoms with Crippen molar-refractivity contribution >= 4 is 33.8 Å². The highest BCUT2D eigenvalue weighted by molar-refractivity contribution is 7.15. The van der Waals surface area contributed by atoms with Crippen LogP contribution >= 0.6 is 11.3 Å². The summed E-state index contributed by atoms with van der Waals surface area (Å²) in [6.45, 7) is 1.64. The quantitative estimate of drug-likeness (QED) is 0.672. The summed E-state index contributed by atoms with van der Waals surface area (Å²) in [5, 5.41) is 15.6. The van der Waals surface area contributed by atoms with Gasteiger partial charge in [0, 0.05) is 19.5 Å². The van der Waals surface area contributed by atoms with Gasteiger partial charge < -0.3 is 20.3 Å². The number of hydrogen-bond acceptors (Lipinski definition) is 6. The van der Waals surface area contributed by atoms with Crippen molar-refractivity contribution in [3.05, 3.63) is 21.7 Å². The van der Waals surface area contributed by atoms with Crippen LogP contribution in [0.3, 0.4) is 0 Å². The van der Waals surface area contributed by atoms with Crippen molar-refractivity contribution in [1.82, 2.24) is 14.3 Å². The summed E-state index contributed by atoms with van der Waals surface area (Å²) < 4.78 is 1.39. The van der Waals surface area contributed by atoms with E-state index >= 15 is 0 Å². The van der Waals surface area contributed by atoms with Crippen LogP contribution in [-0.4, -0.2) is 45.3 Å². The number of thiazole rings is 1. The lowest BCUT2D eigenvalue weighted by molar-refractivity contribution is -0.389. The minimum absolute atomic E-state index is 0.111. The van der Waals surface area contributed by atoms with Crippen molar-refractivity contribution in [2.24, 2.45) is 0 Å². The minimum Gasteiger partial charge on any atom is -0.358 e. The molecule has 2 rings (SSSR count). The van der Waals surface area contributed by atoms with Crippen LogP contribution in [0, 0.1) is 10.1 Å². The van der Waals surface area contributed by atoms with Crippen molar-refractivity contribution < 1.29 is 9.72 Å². The number of nitrogens with zero attached hydrogens (tertiary/aromatic N) is 4. The Labute approximate surface area is 112 Å². The predicted octanol–water partition coefficient (Wildman–Crippen LogP) is 1.19. The number of aromatic nitrogens is 2. The number of anilines is 1. The van der Waals surface area contributed by atoms with Gasteiger partial charge in [0.25, 0.3) is 4.96 Å². The van der Waals surface area contributed by atoms with Crippen LogP contribution < -0.4 is 5.32 Å². The Morgan fingerprint density at radius 3 is 2.89 bits per heavy atom. The first-order valence-corrected chi connectivity index (χ1v) is 6.37. The van der Waals surface area contributed by atoms with E-state index in [0.717, 1.165) is 0 Å². The highest BCUT2D eigenvalue weighted by Gasteiger charge is 2.26. The first-order valence-electron chi connectivity index (χ1n) is 5.49. The van der Waals surface area contributed by atoms with Crippen LogP contribution in [0.1, 0.15) is 6.92 Å². The second-order valence-corrected chi connectivity index (χ2v) is 5.07. The lowest BCUT2D eigenvalue weighted by Crippen LogP contribution is -2.36. The van der Waals surface area contributed by atoms with E-state index in [2.05, 4.69) is 10.3 Å². The molecular formula is C10H13N5O3S. The van der Waals surface area contributed by atoms with Crippen LogP contribution in [0.15, 0.2) is 11.6 Å². The first kappa shape index (κ1) is 13.3. The number of nitrogens with one attached hydrogen (secondary N) is 1.